The van der Waals surface area contributed by atoms with Crippen molar-refractivity contribution in [3.63, 3.8) is 0 Å². The van der Waals surface area contributed by atoms with E-state index in [2.05, 4.69) is 20.6 Å². The van der Waals surface area contributed by atoms with Crippen molar-refractivity contribution in [1.82, 2.24) is 9.97 Å². The van der Waals surface area contributed by atoms with Crippen LogP contribution in [0.1, 0.15) is 18.2 Å². The van der Waals surface area contributed by atoms with Crippen molar-refractivity contribution in [2.75, 3.05) is 17.2 Å². The Morgan fingerprint density at radius 1 is 1.35 bits per heavy atom. The van der Waals surface area contributed by atoms with Gasteiger partial charge in [0.25, 0.3) is 5.69 Å². The SMILES string of the molecule is CCCNc1cc([N+](=O)[O-])cc(NCc2cncs2)n1. The minimum absolute atomic E-state index is 0.0189. The van der Waals surface area contributed by atoms with Crippen LogP contribution in [0.3, 0.4) is 0 Å². The maximum atomic E-state index is 10.9. The standard InChI is InChI=1S/C12H15N5O2S/c1-2-3-14-11-4-9(17(18)19)5-12(16-11)15-7-10-6-13-8-20-10/h4-6,8H,2-3,7H2,1H3,(H2,14,15,16). The van der Waals surface area contributed by atoms with Crippen LogP contribution in [0.25, 0.3) is 0 Å². The minimum atomic E-state index is -0.420. The van der Waals surface area contributed by atoms with Crippen molar-refractivity contribution in [3.05, 3.63) is 38.8 Å². The van der Waals surface area contributed by atoms with E-state index in [1.165, 1.54) is 23.5 Å². The molecule has 20 heavy (non-hydrogen) atoms. The summed E-state index contributed by atoms with van der Waals surface area (Å²) in [6.45, 7) is 3.29. The quantitative estimate of drug-likeness (QED) is 0.602. The summed E-state index contributed by atoms with van der Waals surface area (Å²) in [5.74, 6) is 0.985. The molecule has 0 bridgehead atoms. The van der Waals surface area contributed by atoms with Crippen LogP contribution in [0.5, 0.6) is 0 Å². The Kier molecular flexibility index (Phi) is 4.83. The smallest absolute Gasteiger partial charge is 0.276 e. The third kappa shape index (κ3) is 3.89. The summed E-state index contributed by atoms with van der Waals surface area (Å²) in [7, 11) is 0. The van der Waals surface area contributed by atoms with Crippen LogP contribution in [-0.2, 0) is 6.54 Å². The maximum absolute atomic E-state index is 10.9. The van der Waals surface area contributed by atoms with Crippen molar-refractivity contribution in [1.29, 1.82) is 0 Å². The van der Waals surface area contributed by atoms with Gasteiger partial charge in [-0.25, -0.2) is 4.98 Å². The Balaban J connectivity index is 2.13. The second kappa shape index (κ2) is 6.80. The average molecular weight is 293 g/mol. The first-order valence-electron chi connectivity index (χ1n) is 6.20. The second-order valence-corrected chi connectivity index (χ2v) is 5.07. The number of rotatable bonds is 7. The minimum Gasteiger partial charge on any atom is -0.370 e. The molecule has 7 nitrogen and oxygen atoms in total. The van der Waals surface area contributed by atoms with Crippen molar-refractivity contribution in [2.24, 2.45) is 0 Å². The van der Waals surface area contributed by atoms with E-state index in [1.807, 2.05) is 6.92 Å². The van der Waals surface area contributed by atoms with Crippen LogP contribution in [0.2, 0.25) is 0 Å². The van der Waals surface area contributed by atoms with Gasteiger partial charge in [-0.15, -0.1) is 11.3 Å². The summed E-state index contributed by atoms with van der Waals surface area (Å²) < 4.78 is 0. The van der Waals surface area contributed by atoms with Gasteiger partial charge in [0.1, 0.15) is 11.6 Å². The summed E-state index contributed by atoms with van der Waals surface area (Å²) in [6, 6.07) is 2.87. The molecule has 0 aliphatic rings. The first-order chi connectivity index (χ1) is 9.69. The van der Waals surface area contributed by atoms with Gasteiger partial charge in [-0.3, -0.25) is 15.1 Å². The van der Waals surface area contributed by atoms with Crippen LogP contribution < -0.4 is 10.6 Å². The molecule has 2 aromatic heterocycles. The fourth-order valence-corrected chi connectivity index (χ4v) is 2.10. The highest BCUT2D eigenvalue weighted by Gasteiger charge is 2.11. The van der Waals surface area contributed by atoms with Crippen LogP contribution in [0.15, 0.2) is 23.8 Å². The molecule has 0 saturated carbocycles. The summed E-state index contributed by atoms with van der Waals surface area (Å²) in [5.41, 5.74) is 1.76. The molecule has 0 unspecified atom stereocenters. The molecule has 0 saturated heterocycles. The fourth-order valence-electron chi connectivity index (χ4n) is 1.56. The molecule has 0 aromatic carbocycles. The zero-order chi connectivity index (χ0) is 14.4. The summed E-state index contributed by atoms with van der Waals surface area (Å²) in [6.07, 6.45) is 2.68. The molecule has 2 heterocycles. The third-order valence-electron chi connectivity index (χ3n) is 2.50. The second-order valence-electron chi connectivity index (χ2n) is 4.10. The number of hydrogen-bond acceptors (Lipinski definition) is 7. The Morgan fingerprint density at radius 3 is 2.70 bits per heavy atom. The molecule has 0 atom stereocenters. The summed E-state index contributed by atoms with van der Waals surface area (Å²) in [4.78, 5) is 19.8. The van der Waals surface area contributed by atoms with Crippen LogP contribution in [-0.4, -0.2) is 21.4 Å². The molecule has 0 spiro atoms. The number of nitrogens with zero attached hydrogens (tertiary/aromatic N) is 3. The van der Waals surface area contributed by atoms with Crippen LogP contribution in [0, 0.1) is 10.1 Å². The lowest BCUT2D eigenvalue weighted by Gasteiger charge is -2.08. The molecular weight excluding hydrogens is 278 g/mol. The Bertz CT molecular complexity index is 573. The van der Waals surface area contributed by atoms with E-state index in [1.54, 1.807) is 11.7 Å². The van der Waals surface area contributed by atoms with Crippen molar-refractivity contribution in [2.45, 2.75) is 19.9 Å². The fraction of sp³-hybridized carbons (Fsp3) is 0.333. The molecule has 0 radical (unpaired) electrons. The lowest BCUT2D eigenvalue weighted by atomic mass is 10.3. The van der Waals surface area contributed by atoms with Gasteiger partial charge in [-0.1, -0.05) is 6.92 Å². The Labute approximate surface area is 120 Å². The van der Waals surface area contributed by atoms with Crippen LogP contribution in [0.4, 0.5) is 17.3 Å². The first kappa shape index (κ1) is 14.2. The third-order valence-corrected chi connectivity index (χ3v) is 3.28. The number of hydrogen-bond donors (Lipinski definition) is 2. The molecule has 0 fully saturated rings. The lowest BCUT2D eigenvalue weighted by Crippen LogP contribution is -2.06. The van der Waals surface area contributed by atoms with Gasteiger partial charge in [-0.2, -0.15) is 0 Å². The van der Waals surface area contributed by atoms with Crippen molar-refractivity contribution >= 4 is 28.7 Å². The molecule has 106 valence electrons. The van der Waals surface area contributed by atoms with Gasteiger partial charge in [0.05, 0.1) is 29.1 Å². The van der Waals surface area contributed by atoms with Crippen LogP contribution >= 0.6 is 11.3 Å². The highest BCUT2D eigenvalue weighted by molar-refractivity contribution is 7.09. The van der Waals surface area contributed by atoms with E-state index in [0.29, 0.717) is 18.2 Å². The van der Waals surface area contributed by atoms with Crippen molar-refractivity contribution in [3.8, 4) is 0 Å². The molecule has 0 amide bonds. The van der Waals surface area contributed by atoms with Crippen molar-refractivity contribution < 1.29 is 4.92 Å². The molecule has 0 aliphatic heterocycles. The zero-order valence-electron chi connectivity index (χ0n) is 11.0. The Morgan fingerprint density at radius 2 is 2.10 bits per heavy atom. The van der Waals surface area contributed by atoms with E-state index in [-0.39, 0.29) is 5.69 Å². The van der Waals surface area contributed by atoms with E-state index >= 15 is 0 Å². The van der Waals surface area contributed by atoms with Gasteiger partial charge in [0.2, 0.25) is 0 Å². The largest absolute Gasteiger partial charge is 0.370 e. The van der Waals surface area contributed by atoms with Gasteiger partial charge < -0.3 is 10.6 Å². The monoisotopic (exact) mass is 293 g/mol. The normalized spacial score (nSPS) is 10.2. The van der Waals surface area contributed by atoms with E-state index < -0.39 is 4.92 Å². The highest BCUT2D eigenvalue weighted by atomic mass is 32.1. The summed E-state index contributed by atoms with van der Waals surface area (Å²) in [5, 5.41) is 17.1. The molecule has 8 heteroatoms. The lowest BCUT2D eigenvalue weighted by molar-refractivity contribution is -0.384. The van der Waals surface area contributed by atoms with E-state index in [0.717, 1.165) is 17.8 Å². The topological polar surface area (TPSA) is 93.0 Å². The maximum Gasteiger partial charge on any atom is 0.276 e. The van der Waals surface area contributed by atoms with Gasteiger partial charge in [0.15, 0.2) is 0 Å². The first-order valence-corrected chi connectivity index (χ1v) is 7.08. The number of aromatic nitrogens is 2. The number of nitrogens with one attached hydrogen (secondary N) is 2. The van der Waals surface area contributed by atoms with E-state index in [9.17, 15) is 10.1 Å². The van der Waals surface area contributed by atoms with Gasteiger partial charge in [-0.05, 0) is 6.42 Å². The number of anilines is 2. The average Bonchev–Trinajstić information content (AvgIpc) is 2.96. The van der Waals surface area contributed by atoms with Gasteiger partial charge >= 0.3 is 0 Å². The molecule has 2 N–H and O–H groups in total. The van der Waals surface area contributed by atoms with E-state index in [4.69, 9.17) is 0 Å². The molecule has 0 aliphatic carbocycles. The number of thiazole rings is 1. The predicted molar refractivity (Wildman–Crippen MR) is 79.1 cm³/mol. The number of pyridine rings is 1. The molecule has 2 aromatic rings. The molecule has 2 rings (SSSR count). The number of nitro groups is 1. The predicted octanol–water partition coefficient (Wildman–Crippen LogP) is 2.88. The van der Waals surface area contributed by atoms with Gasteiger partial charge in [0, 0.05) is 17.6 Å². The summed E-state index contributed by atoms with van der Waals surface area (Å²) >= 11 is 1.52. The zero-order valence-corrected chi connectivity index (χ0v) is 11.8. The Hall–Kier alpha value is -2.22. The molecular formula is C12H15N5O2S. The highest BCUT2D eigenvalue weighted by Crippen LogP contribution is 2.21.